The zero-order chi connectivity index (χ0) is 19.9. The van der Waals surface area contributed by atoms with Crippen LogP contribution in [0.4, 0.5) is 11.4 Å². The molecule has 1 N–H and O–H groups in total. The van der Waals surface area contributed by atoms with Gasteiger partial charge in [-0.25, -0.2) is 0 Å². The lowest BCUT2D eigenvalue weighted by atomic mass is 10.2. The number of esters is 1. The molecule has 0 bridgehead atoms. The molecular weight excluding hydrogens is 362 g/mol. The number of amides is 2. The zero-order valence-electron chi connectivity index (χ0n) is 14.9. The van der Waals surface area contributed by atoms with Gasteiger partial charge in [-0.3, -0.25) is 14.4 Å². The van der Waals surface area contributed by atoms with Crippen LogP contribution >= 0.6 is 0 Å². The molecule has 2 aromatic rings. The van der Waals surface area contributed by atoms with E-state index in [2.05, 4.69) is 5.32 Å². The lowest BCUT2D eigenvalue weighted by molar-refractivity contribution is -0.147. The highest BCUT2D eigenvalue weighted by molar-refractivity contribution is 5.98. The van der Waals surface area contributed by atoms with Gasteiger partial charge in [-0.1, -0.05) is 18.2 Å². The predicted molar refractivity (Wildman–Crippen MR) is 99.7 cm³/mol. The van der Waals surface area contributed by atoms with Crippen LogP contribution in [-0.2, 0) is 19.1 Å². The van der Waals surface area contributed by atoms with Crippen LogP contribution in [0.2, 0.25) is 0 Å². The minimum atomic E-state index is -0.599. The Bertz CT molecular complexity index is 951. The number of carbonyl (C=O) groups excluding carboxylic acids is 3. The molecule has 0 atom stereocenters. The number of hydrogen-bond donors (Lipinski definition) is 1. The molecule has 0 radical (unpaired) electrons. The van der Waals surface area contributed by atoms with E-state index in [0.717, 1.165) is 0 Å². The average molecular weight is 379 g/mol. The number of nitriles is 1. The molecule has 8 nitrogen and oxygen atoms in total. The second-order valence-corrected chi connectivity index (χ2v) is 5.95. The molecule has 0 spiro atoms. The molecule has 1 aliphatic rings. The van der Waals surface area contributed by atoms with Crippen LogP contribution < -0.4 is 15.0 Å². The van der Waals surface area contributed by atoms with Crippen molar-refractivity contribution in [3.05, 3.63) is 54.1 Å². The normalized spacial score (nSPS) is 12.4. The summed E-state index contributed by atoms with van der Waals surface area (Å²) in [6.45, 7) is -0.413. The lowest BCUT2D eigenvalue weighted by Gasteiger charge is -2.28. The Morgan fingerprint density at radius 1 is 1.21 bits per heavy atom. The van der Waals surface area contributed by atoms with E-state index in [9.17, 15) is 14.4 Å². The third-order valence-corrected chi connectivity index (χ3v) is 3.99. The number of carbonyl (C=O) groups is 3. The summed E-state index contributed by atoms with van der Waals surface area (Å²) < 4.78 is 10.3. The maximum Gasteiger partial charge on any atom is 0.308 e. The fourth-order valence-corrected chi connectivity index (χ4v) is 2.68. The summed E-state index contributed by atoms with van der Waals surface area (Å²) in [6, 6.07) is 15.4. The minimum Gasteiger partial charge on any atom is -0.482 e. The van der Waals surface area contributed by atoms with E-state index in [1.165, 1.54) is 11.0 Å². The molecular formula is C20H17N3O5. The molecule has 1 heterocycles. The third kappa shape index (κ3) is 4.65. The largest absolute Gasteiger partial charge is 0.482 e. The molecule has 2 aromatic carbocycles. The van der Waals surface area contributed by atoms with E-state index in [4.69, 9.17) is 14.7 Å². The lowest BCUT2D eigenvalue weighted by Crippen LogP contribution is -2.40. The van der Waals surface area contributed by atoms with Crippen molar-refractivity contribution in [2.75, 3.05) is 30.0 Å². The fraction of sp³-hybridized carbons (Fsp3) is 0.200. The van der Waals surface area contributed by atoms with Crippen molar-refractivity contribution in [1.29, 1.82) is 5.26 Å². The van der Waals surface area contributed by atoms with Gasteiger partial charge in [0.05, 0.1) is 23.7 Å². The van der Waals surface area contributed by atoms with Gasteiger partial charge < -0.3 is 19.7 Å². The monoisotopic (exact) mass is 379 g/mol. The molecule has 0 aliphatic carbocycles. The van der Waals surface area contributed by atoms with Crippen LogP contribution in [0.1, 0.15) is 12.0 Å². The maximum absolute atomic E-state index is 12.1. The summed E-state index contributed by atoms with van der Waals surface area (Å²) in [5.74, 6) is -0.787. The van der Waals surface area contributed by atoms with Crippen LogP contribution in [0.15, 0.2) is 48.5 Å². The molecule has 2 amide bonds. The molecule has 142 valence electrons. The van der Waals surface area contributed by atoms with Crippen molar-refractivity contribution in [2.45, 2.75) is 6.42 Å². The first kappa shape index (κ1) is 18.9. The number of nitrogens with one attached hydrogen (secondary N) is 1. The average Bonchev–Trinajstić information content (AvgIpc) is 2.71. The van der Waals surface area contributed by atoms with Gasteiger partial charge >= 0.3 is 5.97 Å². The van der Waals surface area contributed by atoms with Crippen molar-refractivity contribution in [2.24, 2.45) is 0 Å². The Balaban J connectivity index is 1.48. The second kappa shape index (κ2) is 8.68. The number of benzene rings is 2. The SMILES string of the molecule is N#Cc1cccc(NC(=O)COC(=O)CCN2C(=O)COc3ccccc32)c1. The van der Waals surface area contributed by atoms with Crippen molar-refractivity contribution in [3.8, 4) is 11.8 Å². The highest BCUT2D eigenvalue weighted by atomic mass is 16.5. The maximum atomic E-state index is 12.1. The number of nitrogens with zero attached hydrogens (tertiary/aromatic N) is 2. The van der Waals surface area contributed by atoms with Crippen molar-refractivity contribution in [3.63, 3.8) is 0 Å². The van der Waals surface area contributed by atoms with Gasteiger partial charge in [0.15, 0.2) is 13.2 Å². The van der Waals surface area contributed by atoms with Gasteiger partial charge in [0.25, 0.3) is 11.8 Å². The summed E-state index contributed by atoms with van der Waals surface area (Å²) >= 11 is 0. The summed E-state index contributed by atoms with van der Waals surface area (Å²) in [7, 11) is 0. The first-order valence-corrected chi connectivity index (χ1v) is 8.54. The molecule has 3 rings (SSSR count). The topological polar surface area (TPSA) is 109 Å². The van der Waals surface area contributed by atoms with E-state index in [1.54, 1.807) is 42.5 Å². The molecule has 0 unspecified atom stereocenters. The number of rotatable bonds is 6. The Kier molecular flexibility index (Phi) is 5.87. The molecule has 0 fully saturated rings. The van der Waals surface area contributed by atoms with Gasteiger partial charge in [-0.05, 0) is 30.3 Å². The molecule has 0 saturated carbocycles. The highest BCUT2D eigenvalue weighted by Crippen LogP contribution is 2.31. The van der Waals surface area contributed by atoms with Gasteiger partial charge in [0.2, 0.25) is 0 Å². The molecule has 1 aliphatic heterocycles. The van der Waals surface area contributed by atoms with E-state index in [-0.39, 0.29) is 25.5 Å². The zero-order valence-corrected chi connectivity index (χ0v) is 14.9. The van der Waals surface area contributed by atoms with Gasteiger partial charge in [0.1, 0.15) is 5.75 Å². The Morgan fingerprint density at radius 2 is 2.04 bits per heavy atom. The van der Waals surface area contributed by atoms with E-state index in [0.29, 0.717) is 22.7 Å². The minimum absolute atomic E-state index is 0.0583. The quantitative estimate of drug-likeness (QED) is 0.768. The smallest absolute Gasteiger partial charge is 0.308 e. The van der Waals surface area contributed by atoms with Crippen LogP contribution in [0.3, 0.4) is 0 Å². The number of para-hydroxylation sites is 2. The number of ether oxygens (including phenoxy) is 2. The number of hydrogen-bond acceptors (Lipinski definition) is 6. The van der Waals surface area contributed by atoms with E-state index < -0.39 is 18.5 Å². The summed E-state index contributed by atoms with van der Waals surface area (Å²) in [4.78, 5) is 37.4. The summed E-state index contributed by atoms with van der Waals surface area (Å²) in [5, 5.41) is 11.4. The summed E-state index contributed by atoms with van der Waals surface area (Å²) in [6.07, 6.45) is -0.0583. The standard InChI is InChI=1S/C20H17N3O5/c21-11-14-4-3-5-15(10-14)22-18(24)12-28-20(26)8-9-23-16-6-1-2-7-17(16)27-13-19(23)25/h1-7,10H,8-9,12-13H2,(H,22,24). The fourth-order valence-electron chi connectivity index (χ4n) is 2.68. The highest BCUT2D eigenvalue weighted by Gasteiger charge is 2.25. The summed E-state index contributed by atoms with van der Waals surface area (Å²) in [5.41, 5.74) is 1.45. The van der Waals surface area contributed by atoms with Crippen LogP contribution in [-0.4, -0.2) is 37.5 Å². The first-order chi connectivity index (χ1) is 13.6. The molecule has 28 heavy (non-hydrogen) atoms. The number of anilines is 2. The Morgan fingerprint density at radius 3 is 2.86 bits per heavy atom. The van der Waals surface area contributed by atoms with Crippen LogP contribution in [0.5, 0.6) is 5.75 Å². The molecule has 0 aromatic heterocycles. The number of fused-ring (bicyclic) bond motifs is 1. The molecule has 8 heteroatoms. The van der Waals surface area contributed by atoms with E-state index >= 15 is 0 Å². The van der Waals surface area contributed by atoms with Gasteiger partial charge in [-0.15, -0.1) is 0 Å². The predicted octanol–water partition coefficient (Wildman–Crippen LogP) is 1.86. The Hall–Kier alpha value is -3.86. The second-order valence-electron chi connectivity index (χ2n) is 5.95. The third-order valence-electron chi connectivity index (χ3n) is 3.99. The van der Waals surface area contributed by atoms with Crippen LogP contribution in [0.25, 0.3) is 0 Å². The van der Waals surface area contributed by atoms with Crippen molar-refractivity contribution >= 4 is 29.2 Å². The molecule has 0 saturated heterocycles. The van der Waals surface area contributed by atoms with Gasteiger partial charge in [0, 0.05) is 12.2 Å². The van der Waals surface area contributed by atoms with Crippen LogP contribution in [0, 0.1) is 11.3 Å². The van der Waals surface area contributed by atoms with Crippen molar-refractivity contribution in [1.82, 2.24) is 0 Å². The Labute approximate surface area is 161 Å². The van der Waals surface area contributed by atoms with Gasteiger partial charge in [-0.2, -0.15) is 5.26 Å². The first-order valence-electron chi connectivity index (χ1n) is 8.54. The van der Waals surface area contributed by atoms with E-state index in [1.807, 2.05) is 6.07 Å². The van der Waals surface area contributed by atoms with Crippen molar-refractivity contribution < 1.29 is 23.9 Å².